The van der Waals surface area contributed by atoms with Crippen molar-refractivity contribution < 1.29 is 27.9 Å². The molecule has 2 heterocycles. The van der Waals surface area contributed by atoms with Gasteiger partial charge >= 0.3 is 12.1 Å². The van der Waals surface area contributed by atoms with E-state index in [1.807, 2.05) is 0 Å². The number of halogens is 4. The number of likely N-dealkylation sites (N-methyl/N-ethyl adjacent to an activating group) is 1. The number of amides is 1. The summed E-state index contributed by atoms with van der Waals surface area (Å²) in [7, 11) is 1.47. The maximum Gasteiger partial charge on any atom is 0.416 e. The minimum absolute atomic E-state index is 0.0580. The third-order valence-electron chi connectivity index (χ3n) is 5.09. The van der Waals surface area contributed by atoms with E-state index in [0.29, 0.717) is 16.5 Å². The Morgan fingerprint density at radius 1 is 1.24 bits per heavy atom. The number of aromatic nitrogens is 2. The van der Waals surface area contributed by atoms with Gasteiger partial charge in [-0.25, -0.2) is 0 Å². The normalized spacial score (nSPS) is 15.6. The fourth-order valence-corrected chi connectivity index (χ4v) is 4.67. The van der Waals surface area contributed by atoms with Gasteiger partial charge in [-0.05, 0) is 59.1 Å². The molecule has 34 heavy (non-hydrogen) atoms. The number of fused-ring (bicyclic) bond motifs is 1. The molecule has 7 nitrogen and oxygen atoms in total. The van der Waals surface area contributed by atoms with Crippen LogP contribution in [0.25, 0.3) is 16.5 Å². The van der Waals surface area contributed by atoms with Gasteiger partial charge in [0.15, 0.2) is 5.17 Å². The predicted octanol–water partition coefficient (Wildman–Crippen LogP) is 4.83. The smallest absolute Gasteiger partial charge is 0.416 e. The number of thioether (sulfide) groups is 1. The highest BCUT2D eigenvalue weighted by Crippen LogP contribution is 2.40. The Kier molecular flexibility index (Phi) is 6.41. The molecule has 0 saturated carbocycles. The largest absolute Gasteiger partial charge is 0.480 e. The van der Waals surface area contributed by atoms with Gasteiger partial charge in [-0.3, -0.25) is 14.7 Å². The molecule has 1 amide bonds. The molecule has 176 valence electrons. The van der Waals surface area contributed by atoms with Crippen molar-refractivity contribution in [2.75, 3.05) is 13.6 Å². The molecule has 2 N–H and O–H groups in total. The van der Waals surface area contributed by atoms with Crippen molar-refractivity contribution >= 4 is 56.9 Å². The van der Waals surface area contributed by atoms with Gasteiger partial charge in [0, 0.05) is 17.5 Å². The number of aliphatic carboxylic acids is 1. The van der Waals surface area contributed by atoms with Gasteiger partial charge in [-0.2, -0.15) is 23.3 Å². The highest BCUT2D eigenvalue weighted by Gasteiger charge is 2.35. The lowest BCUT2D eigenvalue weighted by atomic mass is 9.93. The Labute approximate surface area is 200 Å². The molecule has 0 spiro atoms. The molecule has 0 aliphatic carbocycles. The van der Waals surface area contributed by atoms with Crippen molar-refractivity contribution in [3.63, 3.8) is 0 Å². The number of nitrogens with zero attached hydrogens (tertiary/aromatic N) is 3. The fraction of sp³-hybridized carbons (Fsp3) is 0.182. The number of aliphatic imine (C=N–C) groups is 1. The first kappa shape index (κ1) is 23.8. The van der Waals surface area contributed by atoms with Crippen LogP contribution in [0.4, 0.5) is 13.2 Å². The van der Waals surface area contributed by atoms with E-state index < -0.39 is 30.2 Å². The van der Waals surface area contributed by atoms with Gasteiger partial charge in [0.2, 0.25) is 0 Å². The molecule has 0 unspecified atom stereocenters. The number of carbonyl (C=O) groups excluding carboxylic acids is 1. The van der Waals surface area contributed by atoms with E-state index >= 15 is 0 Å². The number of carboxylic acids is 1. The minimum Gasteiger partial charge on any atom is -0.480 e. The molecule has 2 aromatic carbocycles. The maximum absolute atomic E-state index is 13.7. The SMILES string of the molecule is CN(CC(=O)O)C1=NC(=O)C(=C(Cc2ccc(Cl)cc2C(F)(F)F)c2ccc3[nH]ncc3c2)S1. The summed E-state index contributed by atoms with van der Waals surface area (Å²) in [5.41, 5.74) is 0.604. The van der Waals surface area contributed by atoms with Crippen LogP contribution in [-0.4, -0.2) is 50.8 Å². The highest BCUT2D eigenvalue weighted by molar-refractivity contribution is 8.18. The van der Waals surface area contributed by atoms with E-state index in [-0.39, 0.29) is 27.1 Å². The van der Waals surface area contributed by atoms with E-state index in [4.69, 9.17) is 16.7 Å². The minimum atomic E-state index is -4.65. The van der Waals surface area contributed by atoms with Gasteiger partial charge in [-0.1, -0.05) is 23.7 Å². The Bertz CT molecular complexity index is 1370. The van der Waals surface area contributed by atoms with E-state index in [2.05, 4.69) is 15.2 Å². The van der Waals surface area contributed by atoms with Crippen molar-refractivity contribution in [2.24, 2.45) is 4.99 Å². The molecule has 0 radical (unpaired) electrons. The molecular weight excluding hydrogens is 493 g/mol. The number of hydrogen-bond donors (Lipinski definition) is 2. The molecule has 1 aliphatic heterocycles. The maximum atomic E-state index is 13.7. The molecule has 3 aromatic rings. The summed E-state index contributed by atoms with van der Waals surface area (Å²) in [6, 6.07) is 8.61. The second-order valence-corrected chi connectivity index (χ2v) is 8.92. The third kappa shape index (κ3) is 4.95. The summed E-state index contributed by atoms with van der Waals surface area (Å²) < 4.78 is 41.2. The lowest BCUT2D eigenvalue weighted by Crippen LogP contribution is -2.29. The first-order valence-electron chi connectivity index (χ1n) is 9.79. The zero-order valence-electron chi connectivity index (χ0n) is 17.5. The number of allylic oxidation sites excluding steroid dienone is 1. The summed E-state index contributed by atoms with van der Waals surface area (Å²) in [5, 5.41) is 16.6. The van der Waals surface area contributed by atoms with Crippen LogP contribution in [0.15, 0.2) is 52.5 Å². The van der Waals surface area contributed by atoms with Crippen LogP contribution >= 0.6 is 23.4 Å². The molecule has 0 saturated heterocycles. The molecular formula is C22H16ClF3N4O3S. The van der Waals surface area contributed by atoms with Crippen LogP contribution in [-0.2, 0) is 22.2 Å². The number of nitrogens with one attached hydrogen (secondary N) is 1. The fourth-order valence-electron chi connectivity index (χ4n) is 3.52. The summed E-state index contributed by atoms with van der Waals surface area (Å²) in [6.45, 7) is -0.391. The van der Waals surface area contributed by atoms with Crippen LogP contribution in [0.3, 0.4) is 0 Å². The first-order chi connectivity index (χ1) is 16.0. The Morgan fingerprint density at radius 3 is 2.71 bits per heavy atom. The Morgan fingerprint density at radius 2 is 2.00 bits per heavy atom. The van der Waals surface area contributed by atoms with E-state index in [0.717, 1.165) is 23.3 Å². The zero-order valence-corrected chi connectivity index (χ0v) is 19.1. The predicted molar refractivity (Wildman–Crippen MR) is 123 cm³/mol. The van der Waals surface area contributed by atoms with Gasteiger partial charge in [0.05, 0.1) is 22.2 Å². The summed E-state index contributed by atoms with van der Waals surface area (Å²) in [4.78, 5) is 29.2. The lowest BCUT2D eigenvalue weighted by Gasteiger charge is -2.17. The summed E-state index contributed by atoms with van der Waals surface area (Å²) >= 11 is 6.75. The molecule has 4 rings (SSSR count). The Balaban J connectivity index is 1.83. The van der Waals surface area contributed by atoms with Crippen LogP contribution < -0.4 is 0 Å². The van der Waals surface area contributed by atoms with Gasteiger partial charge < -0.3 is 10.0 Å². The number of carbonyl (C=O) groups is 2. The van der Waals surface area contributed by atoms with Crippen LogP contribution in [0, 0.1) is 0 Å². The molecule has 0 atom stereocenters. The molecule has 1 aromatic heterocycles. The van der Waals surface area contributed by atoms with Gasteiger partial charge in [0.1, 0.15) is 6.54 Å². The van der Waals surface area contributed by atoms with Crippen molar-refractivity contribution in [3.05, 3.63) is 69.2 Å². The number of H-pyrrole nitrogens is 1. The number of amidine groups is 1. The topological polar surface area (TPSA) is 98.6 Å². The number of carboxylic acid groups (broad SMARTS) is 1. The second-order valence-electron chi connectivity index (χ2n) is 7.51. The number of rotatable bonds is 5. The quantitative estimate of drug-likeness (QED) is 0.479. The van der Waals surface area contributed by atoms with Crippen LogP contribution in [0.1, 0.15) is 16.7 Å². The monoisotopic (exact) mass is 508 g/mol. The van der Waals surface area contributed by atoms with Crippen LogP contribution in [0.5, 0.6) is 0 Å². The zero-order chi connectivity index (χ0) is 24.6. The van der Waals surface area contributed by atoms with E-state index in [1.54, 1.807) is 24.4 Å². The molecule has 0 bridgehead atoms. The van der Waals surface area contributed by atoms with Crippen molar-refractivity contribution in [2.45, 2.75) is 12.6 Å². The van der Waals surface area contributed by atoms with Crippen molar-refractivity contribution in [1.29, 1.82) is 0 Å². The average molecular weight is 509 g/mol. The third-order valence-corrected chi connectivity index (χ3v) is 6.54. The van der Waals surface area contributed by atoms with E-state index in [1.165, 1.54) is 24.1 Å². The number of hydrogen-bond acceptors (Lipinski definition) is 5. The first-order valence-corrected chi connectivity index (χ1v) is 11.0. The van der Waals surface area contributed by atoms with Crippen molar-refractivity contribution in [3.8, 4) is 0 Å². The number of aromatic amines is 1. The lowest BCUT2D eigenvalue weighted by molar-refractivity contribution is -0.138. The molecule has 0 fully saturated rings. The van der Waals surface area contributed by atoms with Crippen molar-refractivity contribution in [1.82, 2.24) is 15.1 Å². The van der Waals surface area contributed by atoms with Gasteiger partial charge in [-0.15, -0.1) is 0 Å². The van der Waals surface area contributed by atoms with E-state index in [9.17, 15) is 22.8 Å². The average Bonchev–Trinajstić information content (AvgIpc) is 3.37. The highest BCUT2D eigenvalue weighted by atomic mass is 35.5. The number of benzene rings is 2. The Hall–Kier alpha value is -3.31. The second kappa shape index (κ2) is 9.15. The molecule has 12 heteroatoms. The standard InChI is InChI=1S/C22H16ClF3N4O3S/c1-30(10-18(31)32)21-28-20(33)19(34-21)15(11-3-5-17-13(6-11)9-27-29-17)7-12-2-4-14(23)8-16(12)22(24,25)26/h2-6,8-9H,7,10H2,1H3,(H,27,29)(H,31,32). The van der Waals surface area contributed by atoms with Gasteiger partial charge in [0.25, 0.3) is 5.91 Å². The summed E-state index contributed by atoms with van der Waals surface area (Å²) in [6.07, 6.45) is -3.31. The number of alkyl halides is 3. The summed E-state index contributed by atoms with van der Waals surface area (Å²) in [5.74, 6) is -1.76. The molecule has 1 aliphatic rings. The van der Waals surface area contributed by atoms with Crippen LogP contribution in [0.2, 0.25) is 5.02 Å².